The van der Waals surface area contributed by atoms with Gasteiger partial charge >= 0.3 is 0 Å². The maximum atomic E-state index is 12.7. The lowest BCUT2D eigenvalue weighted by atomic mass is 10.0. The quantitative estimate of drug-likeness (QED) is 0.0815. The molecule has 0 bridgehead atoms. The lowest BCUT2D eigenvalue weighted by molar-refractivity contribution is -0.119. The molecule has 8 nitrogen and oxygen atoms in total. The van der Waals surface area contributed by atoms with E-state index in [0.29, 0.717) is 11.5 Å². The molecule has 1 atom stereocenters. The largest absolute Gasteiger partial charge is 0.510 e. The topological polar surface area (TPSA) is 136 Å². The van der Waals surface area contributed by atoms with Gasteiger partial charge in [0.1, 0.15) is 17.2 Å². The zero-order valence-corrected chi connectivity index (χ0v) is 24.0. The van der Waals surface area contributed by atoms with Crippen LogP contribution < -0.4 is 10.6 Å². The molecule has 0 spiro atoms. The maximum Gasteiger partial charge on any atom is 0.251 e. The summed E-state index contributed by atoms with van der Waals surface area (Å²) >= 11 is 6.26. The molecular formula is C31H37ClN2O6. The first-order valence-electron chi connectivity index (χ1n) is 13.1. The number of aromatic hydroxyl groups is 2. The number of anilines is 1. The van der Waals surface area contributed by atoms with Gasteiger partial charge in [-0.2, -0.15) is 0 Å². The second kappa shape index (κ2) is 15.5. The van der Waals surface area contributed by atoms with Gasteiger partial charge in [0.25, 0.3) is 5.91 Å². The second-order valence-corrected chi connectivity index (χ2v) is 10.0. The highest BCUT2D eigenvalue weighted by Gasteiger charge is 2.23. The van der Waals surface area contributed by atoms with Crippen LogP contribution in [0.3, 0.4) is 0 Å². The normalized spacial score (nSPS) is 15.6. The molecule has 40 heavy (non-hydrogen) atoms. The summed E-state index contributed by atoms with van der Waals surface area (Å²) < 4.78 is 0. The number of phenolic OH excluding ortho intramolecular Hbond substituents is 2. The van der Waals surface area contributed by atoms with Crippen molar-refractivity contribution in [2.45, 2.75) is 59.8 Å². The molecule has 0 aliphatic heterocycles. The fourth-order valence-electron chi connectivity index (χ4n) is 4.00. The molecule has 1 aliphatic carbocycles. The average molecular weight is 569 g/mol. The first-order chi connectivity index (χ1) is 18.9. The number of allylic oxidation sites excluding steroid dienone is 9. The molecule has 0 fully saturated rings. The zero-order chi connectivity index (χ0) is 29.8. The third-order valence-electron chi connectivity index (χ3n) is 6.12. The van der Waals surface area contributed by atoms with Gasteiger partial charge in [-0.3, -0.25) is 14.4 Å². The molecule has 2 rings (SSSR count). The van der Waals surface area contributed by atoms with Gasteiger partial charge in [-0.05, 0) is 32.3 Å². The van der Waals surface area contributed by atoms with Crippen molar-refractivity contribution < 1.29 is 29.7 Å². The van der Waals surface area contributed by atoms with Crippen molar-refractivity contribution >= 4 is 41.0 Å². The van der Waals surface area contributed by atoms with Crippen LogP contribution >= 0.6 is 11.6 Å². The highest BCUT2D eigenvalue weighted by Crippen LogP contribution is 2.41. The molecule has 2 amide bonds. The third kappa shape index (κ3) is 9.61. The van der Waals surface area contributed by atoms with E-state index in [1.165, 1.54) is 36.4 Å². The summed E-state index contributed by atoms with van der Waals surface area (Å²) in [6.07, 6.45) is 16.3. The fourth-order valence-corrected chi connectivity index (χ4v) is 4.26. The van der Waals surface area contributed by atoms with Crippen molar-refractivity contribution in [1.29, 1.82) is 0 Å². The predicted octanol–water partition coefficient (Wildman–Crippen LogP) is 6.78. The number of amides is 2. The molecule has 1 aliphatic rings. The number of rotatable bonds is 12. The summed E-state index contributed by atoms with van der Waals surface area (Å²) in [6.45, 7) is 7.89. The minimum Gasteiger partial charge on any atom is -0.510 e. The summed E-state index contributed by atoms with van der Waals surface area (Å²) in [5.74, 6) is -1.69. The van der Waals surface area contributed by atoms with Crippen LogP contribution in [0.4, 0.5) is 5.69 Å². The first-order valence-corrected chi connectivity index (χ1v) is 13.5. The van der Waals surface area contributed by atoms with Crippen LogP contribution in [0.25, 0.3) is 6.08 Å². The fraction of sp³-hybridized carbons (Fsp3) is 0.323. The Bertz CT molecular complexity index is 1320. The van der Waals surface area contributed by atoms with E-state index in [-0.39, 0.29) is 57.9 Å². The minimum atomic E-state index is -0.563. The Hall–Kier alpha value is -4.04. The molecule has 0 unspecified atom stereocenters. The van der Waals surface area contributed by atoms with Gasteiger partial charge in [-0.25, -0.2) is 0 Å². The number of Topliss-reactive ketones (excluding diaryl/α,β-unsaturated/α-hetero) is 1. The molecule has 0 saturated heterocycles. The molecule has 0 radical (unpaired) electrons. The Balaban J connectivity index is 2.03. The first kappa shape index (κ1) is 32.2. The number of carbonyl (C=O) groups is 3. The Morgan fingerprint density at radius 1 is 1.07 bits per heavy atom. The average Bonchev–Trinajstić information content (AvgIpc) is 3.21. The van der Waals surface area contributed by atoms with Crippen LogP contribution in [0.5, 0.6) is 11.5 Å². The number of hydrogen-bond acceptors (Lipinski definition) is 6. The second-order valence-electron chi connectivity index (χ2n) is 9.67. The highest BCUT2D eigenvalue weighted by molar-refractivity contribution is 6.34. The highest BCUT2D eigenvalue weighted by atomic mass is 35.5. The minimum absolute atomic E-state index is 0.0262. The van der Waals surface area contributed by atoms with E-state index < -0.39 is 11.8 Å². The number of unbranched alkanes of at least 4 members (excludes halogenated alkanes) is 1. The molecule has 1 aromatic carbocycles. The monoisotopic (exact) mass is 568 g/mol. The van der Waals surface area contributed by atoms with E-state index in [4.69, 9.17) is 11.6 Å². The van der Waals surface area contributed by atoms with Gasteiger partial charge in [0, 0.05) is 36.1 Å². The van der Waals surface area contributed by atoms with Crippen molar-refractivity contribution in [3.63, 3.8) is 0 Å². The van der Waals surface area contributed by atoms with Crippen molar-refractivity contribution in [2.24, 2.45) is 5.92 Å². The van der Waals surface area contributed by atoms with E-state index >= 15 is 0 Å². The van der Waals surface area contributed by atoms with Crippen molar-refractivity contribution in [3.05, 3.63) is 81.8 Å². The number of phenols is 2. The lowest BCUT2D eigenvalue weighted by Crippen LogP contribution is -2.24. The SMILES string of the molecule is CCCC[C@H](C)C=C(C)C=C(C)C(=O)Nc1cc(O)c(C=CC=CC=CC(=O)NC2=C(O)CCC2=O)c(Cl)c1O. The van der Waals surface area contributed by atoms with Gasteiger partial charge in [0.05, 0.1) is 10.7 Å². The number of aliphatic hydroxyl groups excluding tert-OH is 1. The summed E-state index contributed by atoms with van der Waals surface area (Å²) in [5.41, 5.74) is 1.44. The molecule has 0 aromatic heterocycles. The van der Waals surface area contributed by atoms with Crippen LogP contribution in [0.2, 0.25) is 5.02 Å². The molecular weight excluding hydrogens is 532 g/mol. The Labute approximate surface area is 240 Å². The summed E-state index contributed by atoms with van der Waals surface area (Å²) in [7, 11) is 0. The van der Waals surface area contributed by atoms with Crippen molar-refractivity contribution in [1.82, 2.24) is 5.32 Å². The van der Waals surface area contributed by atoms with Crippen molar-refractivity contribution in [2.75, 3.05) is 5.32 Å². The van der Waals surface area contributed by atoms with E-state index in [9.17, 15) is 29.7 Å². The molecule has 9 heteroatoms. The van der Waals surface area contributed by atoms with Crippen molar-refractivity contribution in [3.8, 4) is 11.5 Å². The van der Waals surface area contributed by atoms with Gasteiger partial charge in [0.15, 0.2) is 11.5 Å². The molecule has 1 aromatic rings. The summed E-state index contributed by atoms with van der Waals surface area (Å²) in [5, 5.41) is 35.4. The number of carbonyl (C=O) groups excluding carboxylic acids is 3. The predicted molar refractivity (Wildman–Crippen MR) is 159 cm³/mol. The standard InChI is InChI=1S/C31H37ClN2O6/c1-5-6-11-19(2)16-20(3)17-21(4)31(40)33-23-18-26(37)22(28(32)30(23)39)12-9-7-8-10-13-27(38)34-29-24(35)14-15-25(29)36/h7-10,12-13,16-19,35,37,39H,5-6,11,14-15H2,1-4H3,(H,33,40)(H,34,38)/t19-/m0/s1. The number of hydrogen-bond donors (Lipinski definition) is 5. The third-order valence-corrected chi connectivity index (χ3v) is 6.50. The molecule has 5 N–H and O–H groups in total. The Kier molecular flexibility index (Phi) is 12.5. The zero-order valence-electron chi connectivity index (χ0n) is 23.3. The molecule has 0 heterocycles. The van der Waals surface area contributed by atoms with Gasteiger partial charge in [0.2, 0.25) is 5.91 Å². The summed E-state index contributed by atoms with van der Waals surface area (Å²) in [4.78, 5) is 36.2. The van der Waals surface area contributed by atoms with E-state index in [1.54, 1.807) is 19.1 Å². The van der Waals surface area contributed by atoms with Crippen LogP contribution in [0, 0.1) is 5.92 Å². The van der Waals surface area contributed by atoms with Crippen LogP contribution in [0.1, 0.15) is 65.4 Å². The Morgan fingerprint density at radius 2 is 1.77 bits per heavy atom. The number of aliphatic hydroxyl groups is 1. The lowest BCUT2D eigenvalue weighted by Gasteiger charge is -2.12. The summed E-state index contributed by atoms with van der Waals surface area (Å²) in [6, 6.07) is 1.21. The van der Waals surface area contributed by atoms with E-state index in [2.05, 4.69) is 30.6 Å². The number of halogens is 1. The Morgan fingerprint density at radius 3 is 2.42 bits per heavy atom. The maximum absolute atomic E-state index is 12.7. The van der Waals surface area contributed by atoms with Gasteiger partial charge < -0.3 is 26.0 Å². The number of nitrogens with one attached hydrogen (secondary N) is 2. The number of benzene rings is 1. The van der Waals surface area contributed by atoms with Crippen LogP contribution in [-0.2, 0) is 14.4 Å². The molecule has 0 saturated carbocycles. The van der Waals surface area contributed by atoms with Crippen LogP contribution in [0.15, 0.2) is 71.2 Å². The molecule has 214 valence electrons. The van der Waals surface area contributed by atoms with E-state index in [0.717, 1.165) is 24.8 Å². The van der Waals surface area contributed by atoms with E-state index in [1.807, 2.05) is 6.92 Å². The number of ketones is 1. The van der Waals surface area contributed by atoms with Gasteiger partial charge in [-0.15, -0.1) is 0 Å². The van der Waals surface area contributed by atoms with Gasteiger partial charge in [-0.1, -0.05) is 80.3 Å². The van der Waals surface area contributed by atoms with Crippen LogP contribution in [-0.4, -0.2) is 32.9 Å². The smallest absolute Gasteiger partial charge is 0.251 e.